The van der Waals surface area contributed by atoms with Gasteiger partial charge < -0.3 is 9.64 Å². The van der Waals surface area contributed by atoms with Crippen molar-refractivity contribution in [1.29, 1.82) is 5.26 Å². The number of benzene rings is 1. The topological polar surface area (TPSA) is 106 Å². The first-order chi connectivity index (χ1) is 20.0. The van der Waals surface area contributed by atoms with Crippen molar-refractivity contribution in [3.05, 3.63) is 78.3 Å². The number of carbonyl (C=O) groups excluding carboxylic acids is 1. The van der Waals surface area contributed by atoms with Gasteiger partial charge in [0.15, 0.2) is 4.32 Å². The molecule has 0 saturated carbocycles. The zero-order valence-electron chi connectivity index (χ0n) is 24.4. The zero-order valence-corrected chi connectivity index (χ0v) is 26.0. The molecule has 42 heavy (non-hydrogen) atoms. The number of ether oxygens (including phenoxy) is 1. The van der Waals surface area contributed by atoms with Crippen molar-refractivity contribution < 1.29 is 9.53 Å². The van der Waals surface area contributed by atoms with E-state index in [1.54, 1.807) is 36.2 Å². The standard InChI is InChI=1S/C30H32N6O4S2/c1-7-34-26(33-15-17(2)40-18(3)16-33)22(19(4)23(14-31)27(34)37)13-24-28(38)35(30(41)42-24)25-20(5)32(6)36(29(25)39)21-11-9-8-10-12-21/h8-13,17-18H,7,15-16H2,1-6H3/b24-13+. The molecule has 0 bridgehead atoms. The SMILES string of the molecule is CCn1c(N2CC(C)OC(C)C2)c(/C=C2/SC(=S)N(c3c(C)n(C)n(-c4ccccc4)c3=O)C2=O)c(C)c(C#N)c1=O. The first-order valence-corrected chi connectivity index (χ1v) is 14.9. The van der Waals surface area contributed by atoms with Gasteiger partial charge in [-0.25, -0.2) is 4.68 Å². The van der Waals surface area contributed by atoms with Crippen LogP contribution in [0.5, 0.6) is 0 Å². The third-order valence-corrected chi connectivity index (χ3v) is 9.00. The van der Waals surface area contributed by atoms with Crippen LogP contribution in [-0.2, 0) is 23.1 Å². The minimum absolute atomic E-state index is 0.0290. The van der Waals surface area contributed by atoms with Crippen LogP contribution in [0.2, 0.25) is 0 Å². The lowest BCUT2D eigenvalue weighted by molar-refractivity contribution is -0.113. The highest BCUT2D eigenvalue weighted by Crippen LogP contribution is 2.39. The van der Waals surface area contributed by atoms with Crippen LogP contribution in [0, 0.1) is 25.2 Å². The number of hydrogen-bond donors (Lipinski definition) is 0. The molecule has 2 aromatic heterocycles. The molecule has 2 saturated heterocycles. The van der Waals surface area contributed by atoms with Crippen LogP contribution in [0.3, 0.4) is 0 Å². The molecule has 3 aromatic rings. The van der Waals surface area contributed by atoms with Crippen LogP contribution in [0.4, 0.5) is 11.5 Å². The summed E-state index contributed by atoms with van der Waals surface area (Å²) in [6.45, 7) is 10.7. The van der Waals surface area contributed by atoms with Crippen LogP contribution >= 0.6 is 24.0 Å². The molecular weight excluding hydrogens is 573 g/mol. The number of rotatable bonds is 5. The Hall–Kier alpha value is -3.92. The number of hydrogen-bond acceptors (Lipinski definition) is 8. The number of para-hydroxylation sites is 1. The third kappa shape index (κ3) is 4.81. The predicted molar refractivity (Wildman–Crippen MR) is 169 cm³/mol. The van der Waals surface area contributed by atoms with Crippen molar-refractivity contribution in [3.63, 3.8) is 0 Å². The molecule has 0 N–H and O–H groups in total. The van der Waals surface area contributed by atoms with Gasteiger partial charge in [0.1, 0.15) is 23.1 Å². The number of morpholine rings is 1. The maximum atomic E-state index is 14.0. The summed E-state index contributed by atoms with van der Waals surface area (Å²) in [6.07, 6.45) is 1.54. The number of anilines is 2. The van der Waals surface area contributed by atoms with E-state index in [9.17, 15) is 19.6 Å². The highest BCUT2D eigenvalue weighted by atomic mass is 32.2. The monoisotopic (exact) mass is 604 g/mol. The van der Waals surface area contributed by atoms with Crippen molar-refractivity contribution >= 4 is 51.8 Å². The van der Waals surface area contributed by atoms with Crippen molar-refractivity contribution in [2.24, 2.45) is 7.05 Å². The average Bonchev–Trinajstić information content (AvgIpc) is 3.34. The van der Waals surface area contributed by atoms with E-state index in [-0.39, 0.29) is 38.9 Å². The van der Waals surface area contributed by atoms with Gasteiger partial charge in [0.05, 0.1) is 28.5 Å². The van der Waals surface area contributed by atoms with Gasteiger partial charge in [0.25, 0.3) is 17.0 Å². The Morgan fingerprint density at radius 3 is 2.33 bits per heavy atom. The lowest BCUT2D eigenvalue weighted by Crippen LogP contribution is -2.48. The minimum atomic E-state index is -0.433. The molecule has 10 nitrogen and oxygen atoms in total. The summed E-state index contributed by atoms with van der Waals surface area (Å²) in [7, 11) is 1.76. The van der Waals surface area contributed by atoms with E-state index in [0.29, 0.717) is 52.9 Å². The molecule has 2 fully saturated rings. The fourth-order valence-corrected chi connectivity index (χ4v) is 6.98. The van der Waals surface area contributed by atoms with Gasteiger partial charge in [-0.15, -0.1) is 0 Å². The van der Waals surface area contributed by atoms with Crippen molar-refractivity contribution in [2.45, 2.75) is 53.4 Å². The summed E-state index contributed by atoms with van der Waals surface area (Å²) in [4.78, 5) is 44.7. The second kappa shape index (κ2) is 11.4. The molecule has 12 heteroatoms. The maximum absolute atomic E-state index is 14.0. The van der Waals surface area contributed by atoms with E-state index in [0.717, 1.165) is 11.8 Å². The Morgan fingerprint density at radius 2 is 1.74 bits per heavy atom. The third-order valence-electron chi connectivity index (χ3n) is 7.70. The van der Waals surface area contributed by atoms with Gasteiger partial charge in [-0.1, -0.05) is 42.2 Å². The Balaban J connectivity index is 1.67. The summed E-state index contributed by atoms with van der Waals surface area (Å²) in [5, 5.41) is 9.90. The van der Waals surface area contributed by atoms with Gasteiger partial charge in [-0.2, -0.15) is 5.26 Å². The number of aromatic nitrogens is 3. The molecule has 2 unspecified atom stereocenters. The molecule has 0 aliphatic carbocycles. The summed E-state index contributed by atoms with van der Waals surface area (Å²) in [5.41, 5.74) is 1.82. The Labute approximate surface area is 253 Å². The summed E-state index contributed by atoms with van der Waals surface area (Å²) in [5.74, 6) is 0.200. The molecule has 1 aromatic carbocycles. The van der Waals surface area contributed by atoms with Crippen LogP contribution in [0.25, 0.3) is 11.8 Å². The number of pyridine rings is 1. The molecule has 4 heterocycles. The highest BCUT2D eigenvalue weighted by Gasteiger charge is 2.38. The summed E-state index contributed by atoms with van der Waals surface area (Å²) >= 11 is 6.75. The number of nitriles is 1. The van der Waals surface area contributed by atoms with E-state index in [2.05, 4.69) is 11.0 Å². The van der Waals surface area contributed by atoms with Gasteiger partial charge in [0.2, 0.25) is 0 Å². The predicted octanol–water partition coefficient (Wildman–Crippen LogP) is 3.87. The first kappa shape index (κ1) is 29.6. The fraction of sp³-hybridized carbons (Fsp3) is 0.367. The van der Waals surface area contributed by atoms with Crippen LogP contribution in [0.15, 0.2) is 44.8 Å². The zero-order chi connectivity index (χ0) is 30.5. The smallest absolute Gasteiger partial charge is 0.296 e. The molecule has 2 aliphatic heterocycles. The van der Waals surface area contributed by atoms with Crippen molar-refractivity contribution in [2.75, 3.05) is 22.9 Å². The highest BCUT2D eigenvalue weighted by molar-refractivity contribution is 8.27. The maximum Gasteiger partial charge on any atom is 0.296 e. The quantitative estimate of drug-likeness (QED) is 0.319. The van der Waals surface area contributed by atoms with Crippen LogP contribution in [-0.4, -0.2) is 49.5 Å². The van der Waals surface area contributed by atoms with Gasteiger partial charge >= 0.3 is 0 Å². The number of amides is 1. The lowest BCUT2D eigenvalue weighted by Gasteiger charge is -2.39. The fourth-order valence-electron chi connectivity index (χ4n) is 5.73. The number of thiocarbonyl (C=S) groups is 1. The van der Waals surface area contributed by atoms with Crippen molar-refractivity contribution in [3.8, 4) is 11.8 Å². The number of thioether (sulfide) groups is 1. The Bertz CT molecular complexity index is 1790. The minimum Gasteiger partial charge on any atom is -0.372 e. The molecule has 2 atom stereocenters. The molecule has 218 valence electrons. The van der Waals surface area contributed by atoms with Gasteiger partial charge in [-0.05, 0) is 58.4 Å². The molecule has 5 rings (SSSR count). The Morgan fingerprint density at radius 1 is 1.10 bits per heavy atom. The van der Waals surface area contributed by atoms with E-state index in [1.165, 1.54) is 9.58 Å². The van der Waals surface area contributed by atoms with Crippen LogP contribution in [0.1, 0.15) is 43.2 Å². The molecule has 0 spiro atoms. The van der Waals surface area contributed by atoms with Crippen LogP contribution < -0.4 is 20.9 Å². The van der Waals surface area contributed by atoms with E-state index >= 15 is 0 Å². The number of carbonyl (C=O) groups is 1. The normalized spacial score (nSPS) is 20.1. The lowest BCUT2D eigenvalue weighted by atomic mass is 10.0. The van der Waals surface area contributed by atoms with Crippen molar-refractivity contribution in [1.82, 2.24) is 13.9 Å². The van der Waals surface area contributed by atoms with Gasteiger partial charge in [-0.3, -0.25) is 28.5 Å². The largest absolute Gasteiger partial charge is 0.372 e. The molecule has 0 radical (unpaired) electrons. The second-order valence-corrected chi connectivity index (χ2v) is 12.2. The summed E-state index contributed by atoms with van der Waals surface area (Å²) < 4.78 is 11.0. The van der Waals surface area contributed by atoms with E-state index in [1.807, 2.05) is 51.1 Å². The van der Waals surface area contributed by atoms with E-state index in [4.69, 9.17) is 17.0 Å². The number of nitrogens with zero attached hydrogens (tertiary/aromatic N) is 6. The van der Waals surface area contributed by atoms with Gasteiger partial charge in [0, 0.05) is 32.2 Å². The Kier molecular flexibility index (Phi) is 8.02. The molecule has 1 amide bonds. The first-order valence-electron chi connectivity index (χ1n) is 13.7. The molecular formula is C30H32N6O4S2. The average molecular weight is 605 g/mol. The van der Waals surface area contributed by atoms with E-state index < -0.39 is 5.91 Å². The summed E-state index contributed by atoms with van der Waals surface area (Å²) in [6, 6.07) is 11.3. The molecule has 2 aliphatic rings. The second-order valence-electron chi connectivity index (χ2n) is 10.5.